The molecule has 1 N–H and O–H groups in total. The Hall–Kier alpha value is -1.57. The summed E-state index contributed by atoms with van der Waals surface area (Å²) >= 11 is 0. The van der Waals surface area contributed by atoms with Crippen LogP contribution in [0.25, 0.3) is 0 Å². The van der Waals surface area contributed by atoms with Crippen LogP contribution in [-0.2, 0) is 0 Å². The van der Waals surface area contributed by atoms with Gasteiger partial charge < -0.3 is 5.32 Å². The van der Waals surface area contributed by atoms with E-state index in [0.29, 0.717) is 0 Å². The summed E-state index contributed by atoms with van der Waals surface area (Å²) in [6, 6.07) is 5.99. The topological polar surface area (TPSA) is 29.1 Å². The number of hydrogen-bond donors (Lipinski definition) is 1. The molecular weight excluding hydrogens is 246 g/mol. The predicted octanol–water partition coefficient (Wildman–Crippen LogP) is 4.31. The lowest BCUT2D eigenvalue weighted by atomic mass is 9.96. The van der Waals surface area contributed by atoms with Gasteiger partial charge in [-0.3, -0.25) is 4.79 Å². The standard InChI is InChI=1S/C18H25NO/c1-14-11-15(2)13-17(12-14)18(20)19-10-6-9-16-7-4-3-5-8-16/h7,11-13H,3-6,8-10H2,1-2H3,(H,19,20). The molecule has 0 radical (unpaired) electrons. The van der Waals surface area contributed by atoms with E-state index in [1.165, 1.54) is 25.7 Å². The van der Waals surface area contributed by atoms with Crippen LogP contribution in [0.2, 0.25) is 0 Å². The van der Waals surface area contributed by atoms with Crippen molar-refractivity contribution < 1.29 is 4.79 Å². The van der Waals surface area contributed by atoms with Gasteiger partial charge in [0.1, 0.15) is 0 Å². The van der Waals surface area contributed by atoms with Crippen molar-refractivity contribution in [1.82, 2.24) is 5.32 Å². The number of rotatable bonds is 5. The van der Waals surface area contributed by atoms with E-state index >= 15 is 0 Å². The molecule has 0 aromatic heterocycles. The van der Waals surface area contributed by atoms with Gasteiger partial charge in [-0.25, -0.2) is 0 Å². The molecule has 0 fully saturated rings. The number of allylic oxidation sites excluding steroid dienone is 2. The lowest BCUT2D eigenvalue weighted by molar-refractivity contribution is 0.0953. The number of hydrogen-bond acceptors (Lipinski definition) is 1. The van der Waals surface area contributed by atoms with Crippen molar-refractivity contribution in [2.45, 2.75) is 52.4 Å². The molecule has 0 spiro atoms. The molecule has 0 unspecified atom stereocenters. The largest absolute Gasteiger partial charge is 0.352 e. The van der Waals surface area contributed by atoms with Crippen LogP contribution < -0.4 is 5.32 Å². The molecule has 1 amide bonds. The highest BCUT2D eigenvalue weighted by Gasteiger charge is 2.07. The van der Waals surface area contributed by atoms with Crippen molar-refractivity contribution >= 4 is 5.91 Å². The van der Waals surface area contributed by atoms with E-state index in [-0.39, 0.29) is 5.91 Å². The van der Waals surface area contributed by atoms with E-state index in [1.54, 1.807) is 5.57 Å². The molecule has 108 valence electrons. The third-order valence-corrected chi connectivity index (χ3v) is 3.83. The number of carbonyl (C=O) groups is 1. The first-order chi connectivity index (χ1) is 9.65. The molecule has 0 bridgehead atoms. The Labute approximate surface area is 122 Å². The van der Waals surface area contributed by atoms with Gasteiger partial charge in [-0.15, -0.1) is 0 Å². The third kappa shape index (κ3) is 4.52. The number of nitrogens with one attached hydrogen (secondary N) is 1. The maximum Gasteiger partial charge on any atom is 0.251 e. The average Bonchev–Trinajstić information content (AvgIpc) is 2.43. The molecule has 1 aliphatic rings. The molecule has 0 saturated carbocycles. The Bertz CT molecular complexity index is 482. The summed E-state index contributed by atoms with van der Waals surface area (Å²) in [5.74, 6) is 0.0504. The second-order valence-corrected chi connectivity index (χ2v) is 5.84. The predicted molar refractivity (Wildman–Crippen MR) is 84.0 cm³/mol. The summed E-state index contributed by atoms with van der Waals surface area (Å²) in [6.45, 7) is 4.82. The first kappa shape index (κ1) is 14.8. The fourth-order valence-corrected chi connectivity index (χ4v) is 2.86. The Morgan fingerprint density at radius 3 is 2.55 bits per heavy atom. The lowest BCUT2D eigenvalue weighted by Gasteiger charge is -2.12. The number of carbonyl (C=O) groups excluding carboxylic acids is 1. The van der Waals surface area contributed by atoms with Crippen LogP contribution in [0.1, 0.15) is 60.0 Å². The summed E-state index contributed by atoms with van der Waals surface area (Å²) in [6.07, 6.45) is 9.73. The Kier molecular flexibility index (Phi) is 5.40. The van der Waals surface area contributed by atoms with Gasteiger partial charge in [0.05, 0.1) is 0 Å². The maximum atomic E-state index is 12.1. The minimum atomic E-state index is 0.0504. The summed E-state index contributed by atoms with van der Waals surface area (Å²) < 4.78 is 0. The van der Waals surface area contributed by atoms with Crippen molar-refractivity contribution in [3.05, 3.63) is 46.5 Å². The number of amides is 1. The monoisotopic (exact) mass is 271 g/mol. The highest BCUT2D eigenvalue weighted by Crippen LogP contribution is 2.20. The molecule has 0 aliphatic heterocycles. The Balaban J connectivity index is 1.76. The number of benzene rings is 1. The van der Waals surface area contributed by atoms with Gasteiger partial charge in [-0.2, -0.15) is 0 Å². The molecule has 20 heavy (non-hydrogen) atoms. The zero-order valence-corrected chi connectivity index (χ0v) is 12.7. The summed E-state index contributed by atoms with van der Waals surface area (Å²) in [7, 11) is 0. The molecule has 0 atom stereocenters. The van der Waals surface area contributed by atoms with E-state index in [0.717, 1.165) is 36.1 Å². The van der Waals surface area contributed by atoms with Gasteiger partial charge >= 0.3 is 0 Å². The van der Waals surface area contributed by atoms with E-state index in [4.69, 9.17) is 0 Å². The Morgan fingerprint density at radius 1 is 1.15 bits per heavy atom. The first-order valence-corrected chi connectivity index (χ1v) is 7.69. The molecule has 1 aromatic rings. The van der Waals surface area contributed by atoms with Crippen LogP contribution >= 0.6 is 0 Å². The van der Waals surface area contributed by atoms with Crippen LogP contribution in [0.4, 0.5) is 0 Å². The van der Waals surface area contributed by atoms with Crippen molar-refractivity contribution in [3.63, 3.8) is 0 Å². The fraction of sp³-hybridized carbons (Fsp3) is 0.500. The lowest BCUT2D eigenvalue weighted by Crippen LogP contribution is -2.24. The van der Waals surface area contributed by atoms with Gasteiger partial charge in [0.15, 0.2) is 0 Å². The second-order valence-electron chi connectivity index (χ2n) is 5.84. The van der Waals surface area contributed by atoms with Crippen molar-refractivity contribution in [1.29, 1.82) is 0 Å². The van der Waals surface area contributed by atoms with Crippen molar-refractivity contribution in [2.24, 2.45) is 0 Å². The van der Waals surface area contributed by atoms with Crippen molar-refractivity contribution in [2.75, 3.05) is 6.54 Å². The van der Waals surface area contributed by atoms with E-state index in [2.05, 4.69) is 17.5 Å². The van der Waals surface area contributed by atoms with Gasteiger partial charge in [-0.1, -0.05) is 28.8 Å². The third-order valence-electron chi connectivity index (χ3n) is 3.83. The molecule has 1 aromatic carbocycles. The summed E-state index contributed by atoms with van der Waals surface area (Å²) in [5.41, 5.74) is 4.64. The minimum Gasteiger partial charge on any atom is -0.352 e. The molecule has 2 rings (SSSR count). The highest BCUT2D eigenvalue weighted by atomic mass is 16.1. The van der Waals surface area contributed by atoms with Gasteiger partial charge in [0, 0.05) is 12.1 Å². The zero-order valence-electron chi connectivity index (χ0n) is 12.7. The minimum absolute atomic E-state index is 0.0504. The number of aryl methyl sites for hydroxylation is 2. The van der Waals surface area contributed by atoms with Gasteiger partial charge in [0.25, 0.3) is 5.91 Å². The van der Waals surface area contributed by atoms with Crippen molar-refractivity contribution in [3.8, 4) is 0 Å². The quantitative estimate of drug-likeness (QED) is 0.627. The highest BCUT2D eigenvalue weighted by molar-refractivity contribution is 5.94. The molecule has 2 nitrogen and oxygen atoms in total. The summed E-state index contributed by atoms with van der Waals surface area (Å²) in [5, 5.41) is 3.03. The Morgan fingerprint density at radius 2 is 1.90 bits per heavy atom. The van der Waals surface area contributed by atoms with E-state index < -0.39 is 0 Å². The van der Waals surface area contributed by atoms with Gasteiger partial charge in [-0.05, 0) is 64.5 Å². The normalized spacial score (nSPS) is 14.8. The molecule has 0 heterocycles. The zero-order chi connectivity index (χ0) is 14.4. The summed E-state index contributed by atoms with van der Waals surface area (Å²) in [4.78, 5) is 12.1. The van der Waals surface area contributed by atoms with Gasteiger partial charge in [0.2, 0.25) is 0 Å². The molecule has 0 saturated heterocycles. The first-order valence-electron chi connectivity index (χ1n) is 7.69. The van der Waals surface area contributed by atoms with Crippen LogP contribution in [0.15, 0.2) is 29.8 Å². The molecular formula is C18H25NO. The van der Waals surface area contributed by atoms with Crippen LogP contribution in [-0.4, -0.2) is 12.5 Å². The van der Waals surface area contributed by atoms with Crippen LogP contribution in [0, 0.1) is 13.8 Å². The molecule has 2 heteroatoms. The SMILES string of the molecule is Cc1cc(C)cc(C(=O)NCCCC2=CCCCC2)c1. The maximum absolute atomic E-state index is 12.1. The second kappa shape index (κ2) is 7.28. The molecule has 1 aliphatic carbocycles. The average molecular weight is 271 g/mol. The van der Waals surface area contributed by atoms with E-state index in [9.17, 15) is 4.79 Å². The van der Waals surface area contributed by atoms with Crippen LogP contribution in [0.3, 0.4) is 0 Å². The van der Waals surface area contributed by atoms with Crippen LogP contribution in [0.5, 0.6) is 0 Å². The smallest absolute Gasteiger partial charge is 0.251 e. The fourth-order valence-electron chi connectivity index (χ4n) is 2.86. The van der Waals surface area contributed by atoms with E-state index in [1.807, 2.05) is 26.0 Å².